The Morgan fingerprint density at radius 2 is 2.12 bits per heavy atom. The first kappa shape index (κ1) is 11.7. The summed E-state index contributed by atoms with van der Waals surface area (Å²) in [5.74, 6) is -0.394. The van der Waals surface area contributed by atoms with Gasteiger partial charge in [-0.05, 0) is 5.92 Å². The maximum atomic E-state index is 13.0. The molecule has 5 nitrogen and oxygen atoms in total. The Labute approximate surface area is 97.9 Å². The van der Waals surface area contributed by atoms with Crippen LogP contribution in [0.4, 0.5) is 4.39 Å². The summed E-state index contributed by atoms with van der Waals surface area (Å²) in [7, 11) is 0. The predicted molar refractivity (Wildman–Crippen MR) is 58.9 cm³/mol. The third-order valence-corrected chi connectivity index (χ3v) is 2.40. The number of aliphatic hydroxyl groups excluding tert-OH is 1. The highest BCUT2D eigenvalue weighted by Crippen LogP contribution is 2.19. The van der Waals surface area contributed by atoms with Crippen LogP contribution in [0, 0.1) is 11.7 Å². The monoisotopic (exact) mass is 236 g/mol. The number of halogens is 1. The van der Waals surface area contributed by atoms with Crippen molar-refractivity contribution < 1.29 is 9.50 Å². The van der Waals surface area contributed by atoms with Crippen molar-refractivity contribution in [3.05, 3.63) is 36.2 Å². The molecule has 0 aromatic carbocycles. The lowest BCUT2D eigenvalue weighted by Crippen LogP contribution is -2.05. The molecule has 0 radical (unpaired) electrons. The Kier molecular flexibility index (Phi) is 3.14. The quantitative estimate of drug-likeness (QED) is 0.877. The maximum absolute atomic E-state index is 13.0. The molecule has 2 heterocycles. The van der Waals surface area contributed by atoms with Crippen LogP contribution in [-0.4, -0.2) is 25.1 Å². The van der Waals surface area contributed by atoms with Gasteiger partial charge in [0, 0.05) is 6.07 Å². The summed E-state index contributed by atoms with van der Waals surface area (Å²) in [6.45, 7) is 3.76. The molecule has 0 bridgehead atoms. The number of hydrogen-bond acceptors (Lipinski definition) is 4. The van der Waals surface area contributed by atoms with E-state index in [9.17, 15) is 9.50 Å². The highest BCUT2D eigenvalue weighted by molar-refractivity contribution is 5.27. The third kappa shape index (κ3) is 2.47. The van der Waals surface area contributed by atoms with Crippen LogP contribution in [0.15, 0.2) is 24.7 Å². The van der Waals surface area contributed by atoms with Gasteiger partial charge in [-0.1, -0.05) is 19.1 Å². The second kappa shape index (κ2) is 4.58. The van der Waals surface area contributed by atoms with E-state index in [-0.39, 0.29) is 5.92 Å². The molecule has 2 aromatic rings. The fourth-order valence-corrected chi connectivity index (χ4v) is 1.41. The van der Waals surface area contributed by atoms with Gasteiger partial charge in [0.1, 0.15) is 17.6 Å². The summed E-state index contributed by atoms with van der Waals surface area (Å²) < 4.78 is 14.4. The van der Waals surface area contributed by atoms with E-state index in [1.807, 2.05) is 13.8 Å². The van der Waals surface area contributed by atoms with E-state index >= 15 is 0 Å². The Bertz CT molecular complexity index is 512. The predicted octanol–water partition coefficient (Wildman–Crippen LogP) is 1.49. The highest BCUT2D eigenvalue weighted by atomic mass is 19.1. The molecule has 2 rings (SSSR count). The zero-order valence-corrected chi connectivity index (χ0v) is 9.58. The number of rotatable bonds is 3. The van der Waals surface area contributed by atoms with E-state index in [4.69, 9.17) is 0 Å². The first-order chi connectivity index (χ1) is 8.08. The van der Waals surface area contributed by atoms with Gasteiger partial charge >= 0.3 is 0 Å². The number of aliphatic hydroxyl groups is 1. The molecule has 0 saturated heterocycles. The SMILES string of the molecule is CC(C)[C@@H](O)c1cn(-c2cncc(F)c2)nn1. The van der Waals surface area contributed by atoms with Crippen LogP contribution in [0.3, 0.4) is 0 Å². The van der Waals surface area contributed by atoms with Crippen LogP contribution in [0.25, 0.3) is 5.69 Å². The van der Waals surface area contributed by atoms with E-state index < -0.39 is 11.9 Å². The minimum atomic E-state index is -0.676. The second-order valence-corrected chi connectivity index (χ2v) is 4.14. The van der Waals surface area contributed by atoms with Crippen molar-refractivity contribution in [1.29, 1.82) is 0 Å². The standard InChI is InChI=1S/C11H13FN4O/c1-7(2)11(17)10-6-16(15-14-10)9-3-8(12)4-13-5-9/h3-7,11,17H,1-2H3/t11-/m1/s1. The molecule has 2 aromatic heterocycles. The van der Waals surface area contributed by atoms with E-state index in [0.717, 1.165) is 6.20 Å². The van der Waals surface area contributed by atoms with Crippen molar-refractivity contribution in [2.75, 3.05) is 0 Å². The van der Waals surface area contributed by atoms with E-state index in [1.165, 1.54) is 16.9 Å². The third-order valence-electron chi connectivity index (χ3n) is 2.40. The summed E-state index contributed by atoms with van der Waals surface area (Å²) >= 11 is 0. The Morgan fingerprint density at radius 1 is 1.35 bits per heavy atom. The Balaban J connectivity index is 2.30. The molecule has 0 aliphatic carbocycles. The molecular weight excluding hydrogens is 223 g/mol. The van der Waals surface area contributed by atoms with Gasteiger partial charge in [0.15, 0.2) is 0 Å². The molecule has 6 heteroatoms. The Morgan fingerprint density at radius 3 is 2.76 bits per heavy atom. The molecular formula is C11H13FN4O. The van der Waals surface area contributed by atoms with E-state index in [1.54, 1.807) is 6.20 Å². The normalized spacial score (nSPS) is 13.0. The number of pyridine rings is 1. The van der Waals surface area contributed by atoms with Crippen LogP contribution in [0.1, 0.15) is 25.6 Å². The van der Waals surface area contributed by atoms with Crippen molar-refractivity contribution in [3.8, 4) is 5.69 Å². The van der Waals surface area contributed by atoms with Crippen molar-refractivity contribution in [3.63, 3.8) is 0 Å². The summed E-state index contributed by atoms with van der Waals surface area (Å²) in [6, 6.07) is 1.30. The lowest BCUT2D eigenvalue weighted by Gasteiger charge is -2.09. The van der Waals surface area contributed by atoms with Gasteiger partial charge < -0.3 is 5.11 Å². The first-order valence-corrected chi connectivity index (χ1v) is 5.29. The van der Waals surface area contributed by atoms with E-state index in [0.29, 0.717) is 11.4 Å². The minimum Gasteiger partial charge on any atom is -0.386 e. The smallest absolute Gasteiger partial charge is 0.143 e. The van der Waals surface area contributed by atoms with Crippen LogP contribution in [0.5, 0.6) is 0 Å². The fourth-order valence-electron chi connectivity index (χ4n) is 1.41. The molecule has 0 spiro atoms. The topological polar surface area (TPSA) is 63.8 Å². The fraction of sp³-hybridized carbons (Fsp3) is 0.364. The lowest BCUT2D eigenvalue weighted by atomic mass is 10.1. The molecule has 0 unspecified atom stereocenters. The average molecular weight is 236 g/mol. The van der Waals surface area contributed by atoms with Crippen molar-refractivity contribution in [2.45, 2.75) is 20.0 Å². The number of nitrogens with zero attached hydrogens (tertiary/aromatic N) is 4. The zero-order chi connectivity index (χ0) is 12.4. The molecule has 0 saturated carbocycles. The molecule has 0 aliphatic heterocycles. The summed E-state index contributed by atoms with van der Waals surface area (Å²) in [4.78, 5) is 3.72. The second-order valence-electron chi connectivity index (χ2n) is 4.14. The number of hydrogen-bond donors (Lipinski definition) is 1. The van der Waals surface area contributed by atoms with Crippen LogP contribution in [0.2, 0.25) is 0 Å². The summed E-state index contributed by atoms with van der Waals surface area (Å²) in [5, 5.41) is 17.5. The highest BCUT2D eigenvalue weighted by Gasteiger charge is 2.16. The molecule has 1 atom stereocenters. The van der Waals surface area contributed by atoms with Gasteiger partial charge in [-0.15, -0.1) is 5.10 Å². The van der Waals surface area contributed by atoms with Gasteiger partial charge in [0.2, 0.25) is 0 Å². The van der Waals surface area contributed by atoms with Crippen molar-refractivity contribution in [1.82, 2.24) is 20.0 Å². The van der Waals surface area contributed by atoms with Crippen LogP contribution < -0.4 is 0 Å². The van der Waals surface area contributed by atoms with Gasteiger partial charge in [0.05, 0.1) is 24.3 Å². The van der Waals surface area contributed by atoms with Gasteiger partial charge in [-0.3, -0.25) is 4.98 Å². The Hall–Kier alpha value is -1.82. The van der Waals surface area contributed by atoms with Gasteiger partial charge in [-0.25, -0.2) is 9.07 Å². The lowest BCUT2D eigenvalue weighted by molar-refractivity contribution is 0.122. The first-order valence-electron chi connectivity index (χ1n) is 5.29. The van der Waals surface area contributed by atoms with E-state index in [2.05, 4.69) is 15.3 Å². The van der Waals surface area contributed by atoms with Crippen LogP contribution >= 0.6 is 0 Å². The molecule has 90 valence electrons. The minimum absolute atomic E-state index is 0.0470. The summed E-state index contributed by atoms with van der Waals surface area (Å²) in [6.07, 6.45) is 3.49. The molecule has 0 fully saturated rings. The van der Waals surface area contributed by atoms with Gasteiger partial charge in [-0.2, -0.15) is 0 Å². The largest absolute Gasteiger partial charge is 0.386 e. The van der Waals surface area contributed by atoms with Gasteiger partial charge in [0.25, 0.3) is 0 Å². The van der Waals surface area contributed by atoms with Crippen molar-refractivity contribution in [2.24, 2.45) is 5.92 Å². The molecule has 0 aliphatic rings. The van der Waals surface area contributed by atoms with Crippen molar-refractivity contribution >= 4 is 0 Å². The van der Waals surface area contributed by atoms with Crippen LogP contribution in [-0.2, 0) is 0 Å². The zero-order valence-electron chi connectivity index (χ0n) is 9.58. The summed E-state index contributed by atoms with van der Waals surface area (Å²) in [5.41, 5.74) is 0.934. The average Bonchev–Trinajstić information content (AvgIpc) is 2.77. The molecule has 1 N–H and O–H groups in total. The molecule has 17 heavy (non-hydrogen) atoms. The maximum Gasteiger partial charge on any atom is 0.143 e. The molecule has 0 amide bonds. The number of aromatic nitrogens is 4.